The van der Waals surface area contributed by atoms with E-state index in [0.29, 0.717) is 19.0 Å². The van der Waals surface area contributed by atoms with Gasteiger partial charge in [0.1, 0.15) is 5.75 Å². The third-order valence-electron chi connectivity index (χ3n) is 5.93. The van der Waals surface area contributed by atoms with Gasteiger partial charge in [-0.2, -0.15) is 0 Å². The van der Waals surface area contributed by atoms with Crippen LogP contribution in [0.25, 0.3) is 10.9 Å². The summed E-state index contributed by atoms with van der Waals surface area (Å²) in [7, 11) is 1.65. The molecule has 1 aromatic heterocycles. The monoisotopic (exact) mass is 436 g/mol. The number of nitro groups is 1. The number of fused-ring (bicyclic) bond motifs is 1. The van der Waals surface area contributed by atoms with E-state index in [9.17, 15) is 19.7 Å². The van der Waals surface area contributed by atoms with Crippen LogP contribution in [0.1, 0.15) is 34.7 Å². The van der Waals surface area contributed by atoms with Gasteiger partial charge in [0.2, 0.25) is 5.91 Å². The molecule has 0 spiro atoms. The number of aromatic amines is 1. The van der Waals surface area contributed by atoms with Gasteiger partial charge in [0, 0.05) is 47.9 Å². The summed E-state index contributed by atoms with van der Waals surface area (Å²) in [4.78, 5) is 40.2. The van der Waals surface area contributed by atoms with E-state index in [1.54, 1.807) is 12.0 Å². The molecule has 2 aromatic carbocycles. The van der Waals surface area contributed by atoms with Crippen LogP contribution in [0.2, 0.25) is 0 Å². The predicted octanol–water partition coefficient (Wildman–Crippen LogP) is 3.22. The Morgan fingerprint density at radius 2 is 2.00 bits per heavy atom. The quantitative estimate of drug-likeness (QED) is 0.454. The number of ether oxygens (including phenoxy) is 1. The summed E-state index contributed by atoms with van der Waals surface area (Å²) in [5.41, 5.74) is 2.27. The minimum Gasteiger partial charge on any atom is -0.497 e. The Kier molecular flexibility index (Phi) is 6.07. The van der Waals surface area contributed by atoms with Gasteiger partial charge in [-0.25, -0.2) is 0 Å². The molecule has 1 aliphatic rings. The number of aromatic nitrogens is 1. The Labute approximate surface area is 184 Å². The number of rotatable bonds is 6. The van der Waals surface area contributed by atoms with Gasteiger partial charge in [0.25, 0.3) is 11.6 Å². The molecule has 9 heteroatoms. The van der Waals surface area contributed by atoms with E-state index < -0.39 is 10.8 Å². The second-order valence-electron chi connectivity index (χ2n) is 7.80. The summed E-state index contributed by atoms with van der Waals surface area (Å²) >= 11 is 0. The molecule has 9 nitrogen and oxygen atoms in total. The number of H-pyrrole nitrogens is 1. The van der Waals surface area contributed by atoms with Crippen LogP contribution in [0.4, 0.5) is 5.69 Å². The first-order chi connectivity index (χ1) is 15.5. The predicted molar refractivity (Wildman–Crippen MR) is 119 cm³/mol. The molecule has 166 valence electrons. The summed E-state index contributed by atoms with van der Waals surface area (Å²) in [6, 6.07) is 11.4. The van der Waals surface area contributed by atoms with E-state index in [-0.39, 0.29) is 23.7 Å². The molecule has 0 radical (unpaired) electrons. The normalized spacial score (nSPS) is 14.3. The average molecular weight is 436 g/mol. The van der Waals surface area contributed by atoms with Gasteiger partial charge >= 0.3 is 0 Å². The highest BCUT2D eigenvalue weighted by Crippen LogP contribution is 2.34. The number of hydrogen-bond donors (Lipinski definition) is 2. The van der Waals surface area contributed by atoms with Gasteiger partial charge in [-0.3, -0.25) is 19.7 Å². The molecular weight excluding hydrogens is 412 g/mol. The Balaban J connectivity index is 1.32. The van der Waals surface area contributed by atoms with E-state index in [4.69, 9.17) is 4.74 Å². The first-order valence-electron chi connectivity index (χ1n) is 10.4. The molecule has 1 aliphatic heterocycles. The van der Waals surface area contributed by atoms with Crippen molar-refractivity contribution in [2.24, 2.45) is 0 Å². The van der Waals surface area contributed by atoms with Gasteiger partial charge < -0.3 is 19.9 Å². The fourth-order valence-corrected chi connectivity index (χ4v) is 4.16. The average Bonchev–Trinajstić information content (AvgIpc) is 3.25. The number of nitrogens with zero attached hydrogens (tertiary/aromatic N) is 2. The number of carbonyl (C=O) groups is 2. The Morgan fingerprint density at radius 3 is 2.72 bits per heavy atom. The number of hydrogen-bond acceptors (Lipinski definition) is 5. The number of benzene rings is 2. The molecule has 2 heterocycles. The lowest BCUT2D eigenvalue weighted by molar-refractivity contribution is -0.384. The lowest BCUT2D eigenvalue weighted by atomic mass is 9.89. The molecule has 0 atom stereocenters. The number of non-ortho nitro benzene ring substituents is 1. The number of piperidine rings is 1. The summed E-state index contributed by atoms with van der Waals surface area (Å²) in [5.74, 6) is 0.470. The van der Waals surface area contributed by atoms with E-state index >= 15 is 0 Å². The second-order valence-corrected chi connectivity index (χ2v) is 7.80. The van der Waals surface area contributed by atoms with Gasteiger partial charge in [-0.05, 0) is 48.6 Å². The van der Waals surface area contributed by atoms with Crippen LogP contribution in [-0.2, 0) is 4.79 Å². The molecular formula is C23H24N4O5. The van der Waals surface area contributed by atoms with E-state index in [1.807, 2.05) is 24.4 Å². The van der Waals surface area contributed by atoms with Crippen LogP contribution in [0.5, 0.6) is 5.75 Å². The minimum absolute atomic E-state index is 0.142. The maximum absolute atomic E-state index is 12.6. The van der Waals surface area contributed by atoms with E-state index in [2.05, 4.69) is 10.3 Å². The lowest BCUT2D eigenvalue weighted by Gasteiger charge is -2.32. The molecule has 32 heavy (non-hydrogen) atoms. The Hall–Kier alpha value is -3.88. The number of carbonyl (C=O) groups excluding carboxylic acids is 2. The highest BCUT2D eigenvalue weighted by molar-refractivity contribution is 5.97. The Bertz CT molecular complexity index is 1160. The van der Waals surface area contributed by atoms with Crippen molar-refractivity contribution in [1.29, 1.82) is 0 Å². The van der Waals surface area contributed by atoms with Gasteiger partial charge in [-0.15, -0.1) is 0 Å². The lowest BCUT2D eigenvalue weighted by Crippen LogP contribution is -2.43. The first-order valence-corrected chi connectivity index (χ1v) is 10.4. The largest absolute Gasteiger partial charge is 0.497 e. The smallest absolute Gasteiger partial charge is 0.270 e. The molecule has 2 amide bonds. The summed E-state index contributed by atoms with van der Waals surface area (Å²) in [6.07, 6.45) is 3.69. The fourth-order valence-electron chi connectivity index (χ4n) is 4.16. The molecule has 3 aromatic rings. The third-order valence-corrected chi connectivity index (χ3v) is 5.93. The summed E-state index contributed by atoms with van der Waals surface area (Å²) in [6.45, 7) is 1.07. The molecule has 1 fully saturated rings. The molecule has 0 bridgehead atoms. The standard InChI is InChI=1S/C23H24N4O5/c1-32-18-5-6-21-19(12-18)20(13-24-21)15-7-9-26(10-8-15)22(28)14-25-23(29)16-3-2-4-17(11-16)27(30)31/h2-6,11-13,15,24H,7-10,14H2,1H3,(H,25,29). The van der Waals surface area contributed by atoms with Crippen LogP contribution in [0, 0.1) is 10.1 Å². The Morgan fingerprint density at radius 1 is 1.22 bits per heavy atom. The van der Waals surface area contributed by atoms with Crippen molar-refractivity contribution in [3.8, 4) is 5.75 Å². The summed E-state index contributed by atoms with van der Waals surface area (Å²) in [5, 5.41) is 14.6. The second kappa shape index (κ2) is 9.09. The molecule has 1 saturated heterocycles. The summed E-state index contributed by atoms with van der Waals surface area (Å²) < 4.78 is 5.34. The van der Waals surface area contributed by atoms with Crippen molar-refractivity contribution in [2.45, 2.75) is 18.8 Å². The molecule has 0 saturated carbocycles. The topological polar surface area (TPSA) is 118 Å². The fraction of sp³-hybridized carbons (Fsp3) is 0.304. The molecule has 2 N–H and O–H groups in total. The van der Waals surface area contributed by atoms with Crippen molar-refractivity contribution in [1.82, 2.24) is 15.2 Å². The highest BCUT2D eigenvalue weighted by Gasteiger charge is 2.26. The molecule has 0 unspecified atom stereocenters. The zero-order valence-corrected chi connectivity index (χ0v) is 17.7. The zero-order chi connectivity index (χ0) is 22.7. The van der Waals surface area contributed by atoms with Crippen molar-refractivity contribution in [2.75, 3.05) is 26.7 Å². The number of amides is 2. The third kappa shape index (κ3) is 4.41. The number of nitro benzene ring substituents is 1. The SMILES string of the molecule is COc1ccc2[nH]cc(C3CCN(C(=O)CNC(=O)c4cccc([N+](=O)[O-])c4)CC3)c2c1. The van der Waals surface area contributed by atoms with Crippen LogP contribution in [0.15, 0.2) is 48.7 Å². The van der Waals surface area contributed by atoms with Gasteiger partial charge in [0.05, 0.1) is 18.6 Å². The van der Waals surface area contributed by atoms with Crippen LogP contribution in [-0.4, -0.2) is 53.4 Å². The highest BCUT2D eigenvalue weighted by atomic mass is 16.6. The van der Waals surface area contributed by atoms with Crippen LogP contribution < -0.4 is 10.1 Å². The number of likely N-dealkylation sites (tertiary alicyclic amines) is 1. The molecule has 0 aliphatic carbocycles. The number of nitrogens with one attached hydrogen (secondary N) is 2. The first kappa shape index (κ1) is 21.4. The van der Waals surface area contributed by atoms with Crippen molar-refractivity contribution in [3.05, 3.63) is 69.9 Å². The number of methoxy groups -OCH3 is 1. The van der Waals surface area contributed by atoms with Crippen molar-refractivity contribution < 1.29 is 19.2 Å². The molecule has 4 rings (SSSR count). The minimum atomic E-state index is -0.560. The maximum Gasteiger partial charge on any atom is 0.270 e. The van der Waals surface area contributed by atoms with E-state index in [0.717, 1.165) is 29.5 Å². The van der Waals surface area contributed by atoms with Crippen LogP contribution in [0.3, 0.4) is 0 Å². The van der Waals surface area contributed by atoms with Crippen LogP contribution >= 0.6 is 0 Å². The van der Waals surface area contributed by atoms with E-state index in [1.165, 1.54) is 29.8 Å². The van der Waals surface area contributed by atoms with Gasteiger partial charge in [0.15, 0.2) is 0 Å². The van der Waals surface area contributed by atoms with Crippen molar-refractivity contribution in [3.63, 3.8) is 0 Å². The zero-order valence-electron chi connectivity index (χ0n) is 17.7. The van der Waals surface area contributed by atoms with Crippen molar-refractivity contribution >= 4 is 28.4 Å². The van der Waals surface area contributed by atoms with Gasteiger partial charge in [-0.1, -0.05) is 6.07 Å². The maximum atomic E-state index is 12.6.